The van der Waals surface area contributed by atoms with Crippen LogP contribution in [0.15, 0.2) is 62.9 Å². The van der Waals surface area contributed by atoms with Gasteiger partial charge in [-0.1, -0.05) is 36.4 Å². The maximum atomic E-state index is 12.5. The molecular weight excluding hydrogens is 364 g/mol. The van der Waals surface area contributed by atoms with Crippen molar-refractivity contribution < 1.29 is 9.59 Å². The molecule has 0 unspecified atom stereocenters. The van der Waals surface area contributed by atoms with Gasteiger partial charge in [0.2, 0.25) is 0 Å². The largest absolute Gasteiger partial charge is 0.333 e. The normalized spacial score (nSPS) is 13.1. The summed E-state index contributed by atoms with van der Waals surface area (Å²) >= 11 is 0. The van der Waals surface area contributed by atoms with Gasteiger partial charge in [0, 0.05) is 0 Å². The van der Waals surface area contributed by atoms with E-state index in [0.29, 0.717) is 22.3 Å². The van der Waals surface area contributed by atoms with Crippen molar-refractivity contribution in [3.8, 4) is 0 Å². The van der Waals surface area contributed by atoms with Crippen molar-refractivity contribution in [1.82, 2.24) is 19.4 Å². The van der Waals surface area contributed by atoms with E-state index in [1.165, 1.54) is 0 Å². The van der Waals surface area contributed by atoms with Gasteiger partial charge in [0.25, 0.3) is 11.8 Å². The topological polar surface area (TPSA) is 125 Å². The molecule has 0 saturated heterocycles. The quantitative estimate of drug-likeness (QED) is 0.622. The number of hydrogen-bond donors (Lipinski definition) is 2. The summed E-state index contributed by atoms with van der Waals surface area (Å²) < 4.78 is 0.850. The lowest BCUT2D eigenvalue weighted by Crippen LogP contribution is -2.43. The zero-order valence-electron chi connectivity index (χ0n) is 14.5. The molecule has 0 bridgehead atoms. The fraction of sp³-hybridized carbons (Fsp3) is 0.105. The molecule has 2 N–H and O–H groups in total. The van der Waals surface area contributed by atoms with Crippen LogP contribution >= 0.6 is 0 Å². The van der Waals surface area contributed by atoms with Crippen LogP contribution < -0.4 is 17.1 Å². The number of carbonyl (C=O) groups is 2. The number of amides is 2. The number of benzene rings is 2. The minimum atomic E-state index is -0.870. The monoisotopic (exact) mass is 378 g/mol. The molecule has 0 atom stereocenters. The first-order chi connectivity index (χ1) is 13.4. The molecule has 28 heavy (non-hydrogen) atoms. The molecule has 0 spiro atoms. The summed E-state index contributed by atoms with van der Waals surface area (Å²) in [6.07, 6.45) is 0. The summed E-state index contributed by atoms with van der Waals surface area (Å²) in [6.45, 7) is -0.00201. The maximum Gasteiger partial charge on any atom is 0.333 e. The van der Waals surface area contributed by atoms with Crippen molar-refractivity contribution in [3.05, 3.63) is 102 Å². The number of carbonyl (C=O) groups excluding carboxylic acids is 2. The Hall–Kier alpha value is -4.01. The summed E-state index contributed by atoms with van der Waals surface area (Å²) in [5, 5.41) is 0. The van der Waals surface area contributed by atoms with Crippen molar-refractivity contribution in [1.29, 1.82) is 0 Å². The van der Waals surface area contributed by atoms with Crippen LogP contribution in [-0.2, 0) is 13.1 Å². The highest BCUT2D eigenvalue weighted by Gasteiger charge is 2.34. The molecule has 1 aromatic heterocycles. The number of imide groups is 1. The Morgan fingerprint density at radius 3 is 1.79 bits per heavy atom. The average Bonchev–Trinajstić information content (AvgIpc) is 2.90. The standard InChI is InChI=1S/C19H14N4O5/c24-15-13-6-1-2-7-14(13)16(25)22(15)9-11-4-3-5-12(8-11)10-23-18(27)20-17(26)21-19(23)28/h1-8H,9-10H2,(H2,20,21,26,27,28). The number of fused-ring (bicyclic) bond motifs is 1. The summed E-state index contributed by atoms with van der Waals surface area (Å²) in [5.41, 5.74) is -0.496. The summed E-state index contributed by atoms with van der Waals surface area (Å²) in [5.74, 6) is -0.724. The Bertz CT molecular complexity index is 1210. The number of hydrogen-bond acceptors (Lipinski definition) is 5. The molecule has 2 amide bonds. The number of aromatic amines is 2. The molecule has 1 aliphatic heterocycles. The molecule has 3 aromatic rings. The van der Waals surface area contributed by atoms with E-state index in [0.717, 1.165) is 9.47 Å². The highest BCUT2D eigenvalue weighted by atomic mass is 16.2. The highest BCUT2D eigenvalue weighted by molar-refractivity contribution is 6.21. The van der Waals surface area contributed by atoms with Gasteiger partial charge in [-0.25, -0.2) is 19.0 Å². The van der Waals surface area contributed by atoms with E-state index < -0.39 is 17.1 Å². The minimum absolute atomic E-state index is 0.0665. The third kappa shape index (κ3) is 2.98. The molecule has 2 aromatic carbocycles. The zero-order chi connectivity index (χ0) is 19.8. The molecule has 140 valence electrons. The van der Waals surface area contributed by atoms with Crippen molar-refractivity contribution in [2.45, 2.75) is 13.1 Å². The second-order valence-electron chi connectivity index (χ2n) is 6.34. The van der Waals surface area contributed by atoms with Gasteiger partial charge in [-0.2, -0.15) is 0 Å². The van der Waals surface area contributed by atoms with Gasteiger partial charge in [-0.15, -0.1) is 0 Å². The van der Waals surface area contributed by atoms with Gasteiger partial charge in [-0.05, 0) is 23.3 Å². The van der Waals surface area contributed by atoms with Crippen molar-refractivity contribution in [3.63, 3.8) is 0 Å². The zero-order valence-corrected chi connectivity index (χ0v) is 14.5. The van der Waals surface area contributed by atoms with E-state index in [4.69, 9.17) is 0 Å². The number of aromatic nitrogens is 3. The van der Waals surface area contributed by atoms with E-state index >= 15 is 0 Å². The third-order valence-electron chi connectivity index (χ3n) is 4.48. The Kier molecular flexibility index (Phi) is 4.11. The van der Waals surface area contributed by atoms with E-state index in [-0.39, 0.29) is 24.9 Å². The third-order valence-corrected chi connectivity index (χ3v) is 4.48. The smallest absolute Gasteiger partial charge is 0.270 e. The predicted molar refractivity (Wildman–Crippen MR) is 98.1 cm³/mol. The van der Waals surface area contributed by atoms with Crippen LogP contribution in [0.25, 0.3) is 0 Å². The molecule has 2 heterocycles. The molecule has 4 rings (SSSR count). The van der Waals surface area contributed by atoms with Gasteiger partial charge < -0.3 is 0 Å². The Morgan fingerprint density at radius 2 is 1.21 bits per heavy atom. The lowest BCUT2D eigenvalue weighted by molar-refractivity contribution is 0.0642. The first-order valence-electron chi connectivity index (χ1n) is 8.40. The van der Waals surface area contributed by atoms with Gasteiger partial charge in [-0.3, -0.25) is 24.5 Å². The van der Waals surface area contributed by atoms with Crippen LogP contribution in [0.5, 0.6) is 0 Å². The Labute approximate surface area is 156 Å². The fourth-order valence-electron chi connectivity index (χ4n) is 3.17. The second-order valence-corrected chi connectivity index (χ2v) is 6.34. The van der Waals surface area contributed by atoms with Crippen molar-refractivity contribution in [2.75, 3.05) is 0 Å². The molecule has 0 saturated carbocycles. The van der Waals surface area contributed by atoms with Crippen LogP contribution in [0.1, 0.15) is 31.8 Å². The molecule has 0 aliphatic carbocycles. The maximum absolute atomic E-state index is 12.5. The van der Waals surface area contributed by atoms with Crippen LogP contribution in [0.3, 0.4) is 0 Å². The van der Waals surface area contributed by atoms with Gasteiger partial charge in [0.05, 0.1) is 24.2 Å². The number of H-pyrrole nitrogens is 2. The number of rotatable bonds is 4. The lowest BCUT2D eigenvalue weighted by Gasteiger charge is -2.14. The van der Waals surface area contributed by atoms with Crippen molar-refractivity contribution in [2.24, 2.45) is 0 Å². The number of nitrogens with one attached hydrogen (secondary N) is 2. The van der Waals surface area contributed by atoms with Crippen LogP contribution in [0.2, 0.25) is 0 Å². The van der Waals surface area contributed by atoms with E-state index in [9.17, 15) is 24.0 Å². The molecule has 1 aliphatic rings. The summed E-state index contributed by atoms with van der Waals surface area (Å²) in [7, 11) is 0. The molecule has 9 nitrogen and oxygen atoms in total. The van der Waals surface area contributed by atoms with Gasteiger partial charge >= 0.3 is 17.1 Å². The molecule has 0 fully saturated rings. The van der Waals surface area contributed by atoms with E-state index in [1.807, 2.05) is 9.97 Å². The Balaban J connectivity index is 1.60. The molecule has 0 radical (unpaired) electrons. The average molecular weight is 378 g/mol. The number of nitrogens with zero attached hydrogens (tertiary/aromatic N) is 2. The predicted octanol–water partition coefficient (Wildman–Crippen LogP) is 0.0694. The van der Waals surface area contributed by atoms with Crippen molar-refractivity contribution >= 4 is 11.8 Å². The SMILES string of the molecule is O=C1c2ccccc2C(=O)N1Cc1cccc(Cn2c(=O)[nH]c(=O)[nH]c2=O)c1. The fourth-order valence-corrected chi connectivity index (χ4v) is 3.17. The van der Waals surface area contributed by atoms with Crippen LogP contribution in [0.4, 0.5) is 0 Å². The van der Waals surface area contributed by atoms with E-state index in [2.05, 4.69) is 0 Å². The van der Waals surface area contributed by atoms with Crippen LogP contribution in [-0.4, -0.2) is 31.2 Å². The summed E-state index contributed by atoms with van der Waals surface area (Å²) in [6, 6.07) is 13.5. The first kappa shape index (κ1) is 17.4. The van der Waals surface area contributed by atoms with E-state index in [1.54, 1.807) is 48.5 Å². The molecular formula is C19H14N4O5. The lowest BCUT2D eigenvalue weighted by atomic mass is 10.1. The van der Waals surface area contributed by atoms with Crippen LogP contribution in [0, 0.1) is 0 Å². The summed E-state index contributed by atoms with van der Waals surface area (Å²) in [4.78, 5) is 64.9. The Morgan fingerprint density at radius 1 is 0.679 bits per heavy atom. The molecule has 9 heteroatoms. The van der Waals surface area contributed by atoms with Gasteiger partial charge in [0.1, 0.15) is 0 Å². The first-order valence-corrected chi connectivity index (χ1v) is 8.40. The highest BCUT2D eigenvalue weighted by Crippen LogP contribution is 2.24. The second kappa shape index (κ2) is 6.62. The minimum Gasteiger partial charge on any atom is -0.270 e. The van der Waals surface area contributed by atoms with Gasteiger partial charge in [0.15, 0.2) is 0 Å².